The number of carbonyl (C=O) groups is 1. The molecule has 0 saturated carbocycles. The molecule has 0 aromatic carbocycles. The Bertz CT molecular complexity index is 281. The Hall–Kier alpha value is -0.610. The molecule has 1 rings (SSSR count). The maximum Gasteiger partial charge on any atom is 0.220 e. The van der Waals surface area contributed by atoms with Crippen molar-refractivity contribution in [2.45, 2.75) is 52.9 Å². The number of nitrogens with one attached hydrogen (secondary N) is 1. The van der Waals surface area contributed by atoms with E-state index in [-0.39, 0.29) is 11.3 Å². The van der Waals surface area contributed by atoms with Crippen LogP contribution < -0.4 is 11.1 Å². The summed E-state index contributed by atoms with van der Waals surface area (Å²) in [7, 11) is 0. The van der Waals surface area contributed by atoms with Gasteiger partial charge in [0.1, 0.15) is 0 Å². The van der Waals surface area contributed by atoms with Gasteiger partial charge >= 0.3 is 0 Å². The van der Waals surface area contributed by atoms with Gasteiger partial charge in [-0.05, 0) is 49.5 Å². The predicted octanol–water partition coefficient (Wildman–Crippen LogP) is 2.32. The number of nitrogens with two attached hydrogens (primary N) is 1. The van der Waals surface area contributed by atoms with E-state index in [9.17, 15) is 4.79 Å². The molecular formula is C16H32N2O2. The summed E-state index contributed by atoms with van der Waals surface area (Å²) >= 11 is 0. The Morgan fingerprint density at radius 2 is 1.95 bits per heavy atom. The first-order chi connectivity index (χ1) is 9.43. The first-order valence-electron chi connectivity index (χ1n) is 7.98. The molecule has 1 atom stereocenters. The van der Waals surface area contributed by atoms with E-state index < -0.39 is 0 Å². The molecule has 0 aromatic heterocycles. The molecule has 4 nitrogen and oxygen atoms in total. The van der Waals surface area contributed by atoms with E-state index in [0.717, 1.165) is 45.4 Å². The van der Waals surface area contributed by atoms with E-state index in [1.54, 1.807) is 0 Å². The minimum absolute atomic E-state index is 0.183. The smallest absolute Gasteiger partial charge is 0.220 e. The molecule has 0 aromatic rings. The molecule has 20 heavy (non-hydrogen) atoms. The molecule has 1 amide bonds. The Labute approximate surface area is 123 Å². The molecule has 1 fully saturated rings. The zero-order valence-electron chi connectivity index (χ0n) is 13.4. The number of amides is 1. The van der Waals surface area contributed by atoms with Crippen molar-refractivity contribution in [3.63, 3.8) is 0 Å². The van der Waals surface area contributed by atoms with Gasteiger partial charge in [0.25, 0.3) is 0 Å². The van der Waals surface area contributed by atoms with Crippen molar-refractivity contribution in [1.29, 1.82) is 0 Å². The van der Waals surface area contributed by atoms with Gasteiger partial charge in [0.2, 0.25) is 5.91 Å². The average molecular weight is 284 g/mol. The van der Waals surface area contributed by atoms with Crippen LogP contribution in [0.3, 0.4) is 0 Å². The maximum atomic E-state index is 11.9. The average Bonchev–Trinajstić information content (AvgIpc) is 2.41. The normalized spacial score (nSPS) is 18.8. The number of carbonyl (C=O) groups excluding carboxylic acids is 1. The van der Waals surface area contributed by atoms with Crippen LogP contribution in [0.5, 0.6) is 0 Å². The minimum atomic E-state index is 0.183. The fraction of sp³-hybridized carbons (Fsp3) is 0.938. The molecule has 0 spiro atoms. The molecule has 3 N–H and O–H groups in total. The lowest BCUT2D eigenvalue weighted by Crippen LogP contribution is -2.33. The van der Waals surface area contributed by atoms with Crippen LogP contribution in [0.15, 0.2) is 0 Å². The van der Waals surface area contributed by atoms with E-state index in [4.69, 9.17) is 10.5 Å². The van der Waals surface area contributed by atoms with Crippen molar-refractivity contribution in [3.8, 4) is 0 Å². The summed E-state index contributed by atoms with van der Waals surface area (Å²) in [6.07, 6.45) is 4.68. The fourth-order valence-electron chi connectivity index (χ4n) is 2.81. The number of ether oxygens (including phenoxy) is 1. The third-order valence-corrected chi connectivity index (χ3v) is 4.39. The standard InChI is InChI=1S/C16H32N2O2/c1-16(2,3)14(6-9-17)4-5-15(19)18-12-13-7-10-20-11-8-13/h13-14H,4-12,17H2,1-3H3,(H,18,19). The number of rotatable bonds is 7. The monoisotopic (exact) mass is 284 g/mol. The molecule has 1 aliphatic rings. The van der Waals surface area contributed by atoms with Crippen molar-refractivity contribution < 1.29 is 9.53 Å². The molecule has 1 saturated heterocycles. The second-order valence-electron chi connectivity index (χ2n) is 7.04. The molecule has 118 valence electrons. The molecule has 0 radical (unpaired) electrons. The van der Waals surface area contributed by atoms with Gasteiger partial charge in [-0.15, -0.1) is 0 Å². The number of hydrogen-bond acceptors (Lipinski definition) is 3. The van der Waals surface area contributed by atoms with Crippen molar-refractivity contribution in [2.75, 3.05) is 26.3 Å². The Kier molecular flexibility index (Phi) is 7.52. The summed E-state index contributed by atoms with van der Waals surface area (Å²) in [5.74, 6) is 1.29. The quantitative estimate of drug-likeness (QED) is 0.754. The summed E-state index contributed by atoms with van der Waals surface area (Å²) in [6.45, 7) is 9.87. The highest BCUT2D eigenvalue weighted by atomic mass is 16.5. The fourth-order valence-corrected chi connectivity index (χ4v) is 2.81. The second-order valence-corrected chi connectivity index (χ2v) is 7.04. The van der Waals surface area contributed by atoms with Gasteiger partial charge in [-0.3, -0.25) is 4.79 Å². The molecule has 0 bridgehead atoms. The van der Waals surface area contributed by atoms with Crippen LogP contribution in [0.25, 0.3) is 0 Å². The van der Waals surface area contributed by atoms with E-state index >= 15 is 0 Å². The van der Waals surface area contributed by atoms with Crippen LogP contribution in [0.4, 0.5) is 0 Å². The lowest BCUT2D eigenvalue weighted by atomic mass is 9.76. The molecule has 1 heterocycles. The predicted molar refractivity (Wildman–Crippen MR) is 82.4 cm³/mol. The van der Waals surface area contributed by atoms with E-state index in [0.29, 0.717) is 24.8 Å². The van der Waals surface area contributed by atoms with Gasteiger partial charge in [0, 0.05) is 26.2 Å². The summed E-state index contributed by atoms with van der Waals surface area (Å²) in [6, 6.07) is 0. The highest BCUT2D eigenvalue weighted by Crippen LogP contribution is 2.32. The zero-order chi connectivity index (χ0) is 15.0. The van der Waals surface area contributed by atoms with Crippen LogP contribution in [-0.2, 0) is 9.53 Å². The first kappa shape index (κ1) is 17.4. The van der Waals surface area contributed by atoms with Gasteiger partial charge in [0.05, 0.1) is 0 Å². The van der Waals surface area contributed by atoms with Gasteiger partial charge in [-0.2, -0.15) is 0 Å². The van der Waals surface area contributed by atoms with E-state index in [1.807, 2.05) is 0 Å². The Balaban J connectivity index is 2.23. The Morgan fingerprint density at radius 1 is 1.30 bits per heavy atom. The van der Waals surface area contributed by atoms with Gasteiger partial charge in [0.15, 0.2) is 0 Å². The Morgan fingerprint density at radius 3 is 2.50 bits per heavy atom. The van der Waals surface area contributed by atoms with Gasteiger partial charge in [-0.1, -0.05) is 20.8 Å². The zero-order valence-corrected chi connectivity index (χ0v) is 13.4. The van der Waals surface area contributed by atoms with Crippen LogP contribution >= 0.6 is 0 Å². The first-order valence-corrected chi connectivity index (χ1v) is 7.98. The molecule has 1 unspecified atom stereocenters. The summed E-state index contributed by atoms with van der Waals surface area (Å²) < 4.78 is 5.33. The lowest BCUT2D eigenvalue weighted by Gasteiger charge is -2.30. The van der Waals surface area contributed by atoms with E-state index in [2.05, 4.69) is 26.1 Å². The minimum Gasteiger partial charge on any atom is -0.381 e. The van der Waals surface area contributed by atoms with Crippen LogP contribution in [0, 0.1) is 17.3 Å². The largest absolute Gasteiger partial charge is 0.381 e. The highest BCUT2D eigenvalue weighted by Gasteiger charge is 2.24. The van der Waals surface area contributed by atoms with Crippen LogP contribution in [0.1, 0.15) is 52.9 Å². The van der Waals surface area contributed by atoms with Crippen molar-refractivity contribution in [2.24, 2.45) is 23.0 Å². The topological polar surface area (TPSA) is 64.4 Å². The summed E-state index contributed by atoms with van der Waals surface area (Å²) in [5, 5.41) is 3.08. The third kappa shape index (κ3) is 6.71. The van der Waals surface area contributed by atoms with Crippen molar-refractivity contribution in [3.05, 3.63) is 0 Å². The molecule has 1 aliphatic heterocycles. The van der Waals surface area contributed by atoms with Crippen LogP contribution in [0.2, 0.25) is 0 Å². The lowest BCUT2D eigenvalue weighted by molar-refractivity contribution is -0.121. The van der Waals surface area contributed by atoms with Crippen LogP contribution in [-0.4, -0.2) is 32.2 Å². The second kappa shape index (κ2) is 8.63. The highest BCUT2D eigenvalue weighted by molar-refractivity contribution is 5.75. The summed E-state index contributed by atoms with van der Waals surface area (Å²) in [4.78, 5) is 11.9. The maximum absolute atomic E-state index is 11.9. The molecule has 0 aliphatic carbocycles. The van der Waals surface area contributed by atoms with Crippen molar-refractivity contribution in [1.82, 2.24) is 5.32 Å². The van der Waals surface area contributed by atoms with Gasteiger partial charge < -0.3 is 15.8 Å². The molecule has 4 heteroatoms. The molecular weight excluding hydrogens is 252 g/mol. The van der Waals surface area contributed by atoms with E-state index in [1.165, 1.54) is 0 Å². The third-order valence-electron chi connectivity index (χ3n) is 4.39. The summed E-state index contributed by atoms with van der Waals surface area (Å²) in [5.41, 5.74) is 5.90. The van der Waals surface area contributed by atoms with Gasteiger partial charge in [-0.25, -0.2) is 0 Å². The SMILES string of the molecule is CC(C)(C)C(CCN)CCC(=O)NCC1CCOCC1. The van der Waals surface area contributed by atoms with Crippen molar-refractivity contribution >= 4 is 5.91 Å². The number of hydrogen-bond donors (Lipinski definition) is 2.